The predicted octanol–water partition coefficient (Wildman–Crippen LogP) is 2.07. The van der Waals surface area contributed by atoms with Gasteiger partial charge in [0.1, 0.15) is 11.6 Å². The monoisotopic (exact) mass is 297 g/mol. The van der Waals surface area contributed by atoms with E-state index in [0.29, 0.717) is 24.6 Å². The molecule has 1 aromatic carbocycles. The van der Waals surface area contributed by atoms with Gasteiger partial charge in [-0.1, -0.05) is 13.0 Å². The van der Waals surface area contributed by atoms with Gasteiger partial charge in [0.05, 0.1) is 0 Å². The van der Waals surface area contributed by atoms with E-state index in [9.17, 15) is 8.78 Å². The van der Waals surface area contributed by atoms with Crippen LogP contribution in [0.3, 0.4) is 0 Å². The summed E-state index contributed by atoms with van der Waals surface area (Å²) in [5, 5.41) is 0. The average molecular weight is 297 g/mol. The second-order valence-electron chi connectivity index (χ2n) is 6.01. The Morgan fingerprint density at radius 1 is 1.14 bits per heavy atom. The fourth-order valence-electron chi connectivity index (χ4n) is 2.77. The highest BCUT2D eigenvalue weighted by Crippen LogP contribution is 2.14. The molecule has 0 amide bonds. The molecule has 1 aromatic rings. The van der Waals surface area contributed by atoms with Crippen molar-refractivity contribution in [3.05, 3.63) is 35.4 Å². The quantitative estimate of drug-likeness (QED) is 0.903. The van der Waals surface area contributed by atoms with Crippen molar-refractivity contribution in [2.75, 3.05) is 39.3 Å². The fraction of sp³-hybridized carbons (Fsp3) is 0.625. The molecule has 2 N–H and O–H groups in total. The molecule has 1 unspecified atom stereocenters. The lowest BCUT2D eigenvalue weighted by Crippen LogP contribution is -2.35. The zero-order chi connectivity index (χ0) is 15.2. The number of nitrogens with zero attached hydrogens (tertiary/aromatic N) is 2. The third-order valence-corrected chi connectivity index (χ3v) is 4.06. The van der Waals surface area contributed by atoms with Crippen molar-refractivity contribution in [3.63, 3.8) is 0 Å². The second kappa shape index (κ2) is 7.82. The van der Waals surface area contributed by atoms with Crippen LogP contribution >= 0.6 is 0 Å². The minimum atomic E-state index is -0.519. The molecule has 2 rings (SSSR count). The summed E-state index contributed by atoms with van der Waals surface area (Å²) in [6.07, 6.45) is 1.07. The van der Waals surface area contributed by atoms with Crippen LogP contribution in [0.1, 0.15) is 18.9 Å². The molecular formula is C16H25F2N3. The molecule has 1 aliphatic heterocycles. The van der Waals surface area contributed by atoms with Gasteiger partial charge in [0, 0.05) is 37.8 Å². The topological polar surface area (TPSA) is 32.5 Å². The van der Waals surface area contributed by atoms with E-state index in [1.165, 1.54) is 6.07 Å². The second-order valence-corrected chi connectivity index (χ2v) is 6.01. The first-order valence-corrected chi connectivity index (χ1v) is 7.67. The van der Waals surface area contributed by atoms with Crippen molar-refractivity contribution < 1.29 is 8.78 Å². The molecule has 0 bridgehead atoms. The fourth-order valence-corrected chi connectivity index (χ4v) is 2.77. The summed E-state index contributed by atoms with van der Waals surface area (Å²) >= 11 is 0. The normalized spacial score (nSPS) is 19.4. The van der Waals surface area contributed by atoms with E-state index in [2.05, 4.69) is 16.7 Å². The summed E-state index contributed by atoms with van der Waals surface area (Å²) in [7, 11) is 0. The third-order valence-electron chi connectivity index (χ3n) is 4.06. The lowest BCUT2D eigenvalue weighted by Gasteiger charge is -2.24. The van der Waals surface area contributed by atoms with E-state index >= 15 is 0 Å². The molecule has 118 valence electrons. The number of rotatable bonds is 5. The van der Waals surface area contributed by atoms with Crippen LogP contribution in [-0.4, -0.2) is 49.1 Å². The summed E-state index contributed by atoms with van der Waals surface area (Å²) in [4.78, 5) is 4.67. The molecule has 1 aliphatic rings. The minimum Gasteiger partial charge on any atom is -0.330 e. The van der Waals surface area contributed by atoms with Gasteiger partial charge in [0.15, 0.2) is 0 Å². The maximum atomic E-state index is 13.7. The van der Waals surface area contributed by atoms with Crippen LogP contribution in [0.4, 0.5) is 8.78 Å². The number of halogens is 2. The van der Waals surface area contributed by atoms with Crippen LogP contribution < -0.4 is 5.73 Å². The van der Waals surface area contributed by atoms with Gasteiger partial charge in [0.25, 0.3) is 0 Å². The molecule has 5 heteroatoms. The van der Waals surface area contributed by atoms with Crippen molar-refractivity contribution in [3.8, 4) is 0 Å². The molecule has 0 saturated carbocycles. The Balaban J connectivity index is 1.88. The van der Waals surface area contributed by atoms with Crippen LogP contribution in [0.5, 0.6) is 0 Å². The standard InChI is InChI=1S/C16H25F2N3/c1-13(10-19)11-20-5-2-6-21(8-7-20)12-14-3-4-15(17)9-16(14)18/h3-4,9,13H,2,5-8,10-12,19H2,1H3. The van der Waals surface area contributed by atoms with E-state index in [1.807, 2.05) is 0 Å². The molecule has 1 fully saturated rings. The minimum absolute atomic E-state index is 0.451. The summed E-state index contributed by atoms with van der Waals surface area (Å²) in [5.74, 6) is -0.465. The predicted molar refractivity (Wildman–Crippen MR) is 80.9 cm³/mol. The molecule has 1 atom stereocenters. The SMILES string of the molecule is CC(CN)CN1CCCN(Cc2ccc(F)cc2F)CC1. The molecule has 0 aliphatic carbocycles. The van der Waals surface area contributed by atoms with Gasteiger partial charge in [-0.15, -0.1) is 0 Å². The molecule has 3 nitrogen and oxygen atoms in total. The maximum Gasteiger partial charge on any atom is 0.130 e. The third kappa shape index (κ3) is 5.02. The summed E-state index contributed by atoms with van der Waals surface area (Å²) in [6, 6.07) is 3.83. The van der Waals surface area contributed by atoms with Crippen LogP contribution in [0.25, 0.3) is 0 Å². The zero-order valence-electron chi connectivity index (χ0n) is 12.7. The number of benzene rings is 1. The van der Waals surface area contributed by atoms with Crippen molar-refractivity contribution >= 4 is 0 Å². The Kier molecular flexibility index (Phi) is 6.08. The Morgan fingerprint density at radius 3 is 2.57 bits per heavy atom. The molecule has 1 saturated heterocycles. The molecule has 0 spiro atoms. The van der Waals surface area contributed by atoms with Crippen LogP contribution in [0.2, 0.25) is 0 Å². The van der Waals surface area contributed by atoms with Gasteiger partial charge in [-0.05, 0) is 38.0 Å². The Hall–Kier alpha value is -1.04. The van der Waals surface area contributed by atoms with Crippen molar-refractivity contribution in [1.82, 2.24) is 9.80 Å². The summed E-state index contributed by atoms with van der Waals surface area (Å²) < 4.78 is 26.6. The molecule has 0 aromatic heterocycles. The Labute approximate surface area is 125 Å². The lowest BCUT2D eigenvalue weighted by molar-refractivity contribution is 0.231. The molecular weight excluding hydrogens is 272 g/mol. The van der Waals surface area contributed by atoms with Gasteiger partial charge in [0.2, 0.25) is 0 Å². The number of nitrogens with two attached hydrogens (primary N) is 1. The van der Waals surface area contributed by atoms with Crippen LogP contribution in [-0.2, 0) is 6.54 Å². The smallest absolute Gasteiger partial charge is 0.130 e. The Bertz CT molecular complexity index is 453. The van der Waals surface area contributed by atoms with Crippen molar-refractivity contribution in [2.45, 2.75) is 19.9 Å². The highest BCUT2D eigenvalue weighted by atomic mass is 19.1. The van der Waals surface area contributed by atoms with E-state index in [0.717, 1.165) is 45.2 Å². The first-order chi connectivity index (χ1) is 10.1. The maximum absolute atomic E-state index is 13.7. The van der Waals surface area contributed by atoms with Gasteiger partial charge in [-0.25, -0.2) is 8.78 Å². The van der Waals surface area contributed by atoms with E-state index in [4.69, 9.17) is 5.73 Å². The van der Waals surface area contributed by atoms with Crippen molar-refractivity contribution in [2.24, 2.45) is 11.7 Å². The van der Waals surface area contributed by atoms with E-state index in [-0.39, 0.29) is 0 Å². The summed E-state index contributed by atoms with van der Waals surface area (Å²) in [6.45, 7) is 8.34. The van der Waals surface area contributed by atoms with Gasteiger partial charge < -0.3 is 10.6 Å². The van der Waals surface area contributed by atoms with Crippen LogP contribution in [0.15, 0.2) is 18.2 Å². The van der Waals surface area contributed by atoms with E-state index in [1.54, 1.807) is 6.07 Å². The highest BCUT2D eigenvalue weighted by Gasteiger charge is 2.17. The number of hydrogen-bond acceptors (Lipinski definition) is 3. The van der Waals surface area contributed by atoms with Gasteiger partial charge in [-0.2, -0.15) is 0 Å². The molecule has 21 heavy (non-hydrogen) atoms. The first-order valence-electron chi connectivity index (χ1n) is 7.67. The lowest BCUT2D eigenvalue weighted by atomic mass is 10.1. The number of hydrogen-bond donors (Lipinski definition) is 1. The highest BCUT2D eigenvalue weighted by molar-refractivity contribution is 5.18. The molecule has 1 heterocycles. The molecule has 0 radical (unpaired) electrons. The zero-order valence-corrected chi connectivity index (χ0v) is 12.7. The Morgan fingerprint density at radius 2 is 1.86 bits per heavy atom. The largest absolute Gasteiger partial charge is 0.330 e. The average Bonchev–Trinajstić information content (AvgIpc) is 2.67. The van der Waals surface area contributed by atoms with Gasteiger partial charge in [-0.3, -0.25) is 4.90 Å². The van der Waals surface area contributed by atoms with Gasteiger partial charge >= 0.3 is 0 Å². The first kappa shape index (κ1) is 16.3. The van der Waals surface area contributed by atoms with Crippen LogP contribution in [0, 0.1) is 17.6 Å². The van der Waals surface area contributed by atoms with E-state index < -0.39 is 11.6 Å². The van der Waals surface area contributed by atoms with Crippen molar-refractivity contribution in [1.29, 1.82) is 0 Å². The summed E-state index contributed by atoms with van der Waals surface area (Å²) in [5.41, 5.74) is 6.25.